The summed E-state index contributed by atoms with van der Waals surface area (Å²) in [4.78, 5) is 12.9. The number of hydrogen-bond donors (Lipinski definition) is 2. The van der Waals surface area contributed by atoms with E-state index in [0.29, 0.717) is 6.42 Å². The standard InChI is InChI=1S/C14H19NO4S2/c1-14(2,21(3,18)19)13(17)15-9-12-8-11(10-20-12)6-4-5-7-16/h8,10,16H,5,7,9H2,1-3H3,(H,15,17). The van der Waals surface area contributed by atoms with Crippen LogP contribution in [0.2, 0.25) is 0 Å². The third kappa shape index (κ3) is 4.84. The second kappa shape index (κ2) is 7.07. The minimum atomic E-state index is -3.47. The van der Waals surface area contributed by atoms with Gasteiger partial charge in [0.05, 0.1) is 13.2 Å². The van der Waals surface area contributed by atoms with Gasteiger partial charge in [0.25, 0.3) is 0 Å². The molecule has 0 aliphatic heterocycles. The quantitative estimate of drug-likeness (QED) is 0.787. The fraction of sp³-hybridized carbons (Fsp3) is 0.500. The molecule has 0 atom stereocenters. The van der Waals surface area contributed by atoms with E-state index in [1.54, 1.807) is 0 Å². The van der Waals surface area contributed by atoms with Crippen molar-refractivity contribution in [2.24, 2.45) is 0 Å². The fourth-order valence-electron chi connectivity index (χ4n) is 1.31. The van der Waals surface area contributed by atoms with Crippen molar-refractivity contribution in [3.05, 3.63) is 21.9 Å². The molecule has 5 nitrogen and oxygen atoms in total. The summed E-state index contributed by atoms with van der Waals surface area (Å²) < 4.78 is 21.7. The summed E-state index contributed by atoms with van der Waals surface area (Å²) in [5.74, 6) is 5.19. The van der Waals surface area contributed by atoms with Crippen LogP contribution >= 0.6 is 11.3 Å². The molecule has 1 rings (SSSR count). The third-order valence-electron chi connectivity index (χ3n) is 3.02. The molecule has 21 heavy (non-hydrogen) atoms. The first-order chi connectivity index (χ1) is 9.68. The van der Waals surface area contributed by atoms with Crippen LogP contribution in [-0.4, -0.2) is 37.0 Å². The number of rotatable bonds is 5. The zero-order chi connectivity index (χ0) is 16.1. The predicted octanol–water partition coefficient (Wildman–Crippen LogP) is 0.921. The smallest absolute Gasteiger partial charge is 0.241 e. The number of sulfone groups is 1. The molecule has 2 N–H and O–H groups in total. The van der Waals surface area contributed by atoms with E-state index in [9.17, 15) is 13.2 Å². The topological polar surface area (TPSA) is 83.5 Å². The monoisotopic (exact) mass is 329 g/mol. The lowest BCUT2D eigenvalue weighted by Crippen LogP contribution is -2.47. The highest BCUT2D eigenvalue weighted by molar-refractivity contribution is 7.92. The first-order valence-electron chi connectivity index (χ1n) is 6.33. The highest BCUT2D eigenvalue weighted by Crippen LogP contribution is 2.17. The average molecular weight is 329 g/mol. The number of carbonyl (C=O) groups excluding carboxylic acids is 1. The summed E-state index contributed by atoms with van der Waals surface area (Å²) in [6.45, 7) is 3.07. The van der Waals surface area contributed by atoms with E-state index in [-0.39, 0.29) is 13.2 Å². The Kier molecular flexibility index (Phi) is 5.96. The minimum Gasteiger partial charge on any atom is -0.395 e. The van der Waals surface area contributed by atoms with Gasteiger partial charge in [-0.05, 0) is 19.9 Å². The normalized spacial score (nSPS) is 11.6. The molecule has 116 valence electrons. The van der Waals surface area contributed by atoms with Crippen molar-refractivity contribution in [2.75, 3.05) is 12.9 Å². The maximum atomic E-state index is 12.0. The Bertz CT molecular complexity index is 663. The lowest BCUT2D eigenvalue weighted by molar-refractivity contribution is -0.123. The second-order valence-corrected chi connectivity index (χ2v) is 8.60. The van der Waals surface area contributed by atoms with E-state index >= 15 is 0 Å². The lowest BCUT2D eigenvalue weighted by atomic mass is 10.2. The zero-order valence-corrected chi connectivity index (χ0v) is 13.9. The van der Waals surface area contributed by atoms with Gasteiger partial charge in [0.2, 0.25) is 5.91 Å². The van der Waals surface area contributed by atoms with Gasteiger partial charge in [0.15, 0.2) is 9.84 Å². The molecule has 0 spiro atoms. The number of nitrogens with one attached hydrogen (secondary N) is 1. The Balaban J connectivity index is 2.65. The van der Waals surface area contributed by atoms with E-state index in [1.807, 2.05) is 11.4 Å². The molecule has 0 fully saturated rings. The number of amides is 1. The molecular weight excluding hydrogens is 310 g/mol. The fourth-order valence-corrected chi connectivity index (χ4v) is 2.47. The predicted molar refractivity (Wildman–Crippen MR) is 83.7 cm³/mol. The third-order valence-corrected chi connectivity index (χ3v) is 6.00. The van der Waals surface area contributed by atoms with Gasteiger partial charge in [-0.15, -0.1) is 11.3 Å². The van der Waals surface area contributed by atoms with Gasteiger partial charge in [-0.25, -0.2) is 8.42 Å². The molecule has 1 amide bonds. The van der Waals surface area contributed by atoms with Gasteiger partial charge in [-0.3, -0.25) is 4.79 Å². The van der Waals surface area contributed by atoms with Crippen LogP contribution in [0.25, 0.3) is 0 Å². The van der Waals surface area contributed by atoms with E-state index in [1.165, 1.54) is 25.2 Å². The maximum absolute atomic E-state index is 12.0. The molecule has 0 aliphatic rings. The molecule has 1 aromatic heterocycles. The van der Waals surface area contributed by atoms with Gasteiger partial charge >= 0.3 is 0 Å². The van der Waals surface area contributed by atoms with E-state index in [4.69, 9.17) is 5.11 Å². The Morgan fingerprint density at radius 2 is 2.14 bits per heavy atom. The van der Waals surface area contributed by atoms with Gasteiger partial charge in [0, 0.05) is 28.5 Å². The van der Waals surface area contributed by atoms with Crippen LogP contribution in [0.3, 0.4) is 0 Å². The summed E-state index contributed by atoms with van der Waals surface area (Å²) in [5, 5.41) is 13.1. The summed E-state index contributed by atoms with van der Waals surface area (Å²) in [6.07, 6.45) is 1.47. The first kappa shape index (κ1) is 17.7. The summed E-state index contributed by atoms with van der Waals surface area (Å²) in [6, 6.07) is 1.84. The number of thiophene rings is 1. The van der Waals surface area contributed by atoms with Crippen LogP contribution in [0.4, 0.5) is 0 Å². The summed E-state index contributed by atoms with van der Waals surface area (Å²) >= 11 is 1.44. The van der Waals surface area contributed by atoms with Crippen LogP contribution in [-0.2, 0) is 21.2 Å². The van der Waals surface area contributed by atoms with Gasteiger partial charge in [0.1, 0.15) is 4.75 Å². The summed E-state index contributed by atoms with van der Waals surface area (Å²) in [7, 11) is -3.47. The number of aliphatic hydroxyl groups excluding tert-OH is 1. The molecule has 1 aromatic rings. The summed E-state index contributed by atoms with van der Waals surface area (Å²) in [5.41, 5.74) is 0.820. The minimum absolute atomic E-state index is 0.0284. The second-order valence-electron chi connectivity index (χ2n) is 5.04. The highest BCUT2D eigenvalue weighted by Gasteiger charge is 2.38. The first-order valence-corrected chi connectivity index (χ1v) is 9.10. The maximum Gasteiger partial charge on any atom is 0.241 e. The van der Waals surface area contributed by atoms with E-state index in [2.05, 4.69) is 17.2 Å². The van der Waals surface area contributed by atoms with Crippen molar-refractivity contribution in [1.82, 2.24) is 5.32 Å². The molecule has 0 bridgehead atoms. The van der Waals surface area contributed by atoms with Crippen LogP contribution in [0.1, 0.15) is 30.7 Å². The molecule has 0 aliphatic carbocycles. The van der Waals surface area contributed by atoms with Crippen molar-refractivity contribution in [1.29, 1.82) is 0 Å². The lowest BCUT2D eigenvalue weighted by Gasteiger charge is -2.21. The van der Waals surface area contributed by atoms with Gasteiger partial charge in [-0.1, -0.05) is 11.8 Å². The van der Waals surface area contributed by atoms with Crippen LogP contribution in [0.5, 0.6) is 0 Å². The van der Waals surface area contributed by atoms with Gasteiger partial charge < -0.3 is 10.4 Å². The Morgan fingerprint density at radius 3 is 2.71 bits per heavy atom. The SMILES string of the molecule is CC(C)(C(=O)NCc1cc(C#CCCO)cs1)S(C)(=O)=O. The Labute approximate surface area is 129 Å². The molecule has 0 radical (unpaired) electrons. The molecule has 1 heterocycles. The number of hydrogen-bond acceptors (Lipinski definition) is 5. The molecule has 0 aromatic carbocycles. The zero-order valence-electron chi connectivity index (χ0n) is 12.3. The van der Waals surface area contributed by atoms with Crippen molar-refractivity contribution >= 4 is 27.1 Å². The van der Waals surface area contributed by atoms with Crippen LogP contribution in [0, 0.1) is 11.8 Å². The van der Waals surface area contributed by atoms with Crippen molar-refractivity contribution in [3.63, 3.8) is 0 Å². The van der Waals surface area contributed by atoms with E-state index < -0.39 is 20.5 Å². The molecule has 0 saturated heterocycles. The number of carbonyl (C=O) groups is 1. The van der Waals surface area contributed by atoms with Gasteiger partial charge in [-0.2, -0.15) is 0 Å². The molecular formula is C14H19NO4S2. The van der Waals surface area contributed by atoms with Crippen LogP contribution < -0.4 is 5.32 Å². The average Bonchev–Trinajstić information content (AvgIpc) is 2.83. The highest BCUT2D eigenvalue weighted by atomic mass is 32.2. The molecule has 0 saturated carbocycles. The van der Waals surface area contributed by atoms with Crippen molar-refractivity contribution in [2.45, 2.75) is 31.6 Å². The van der Waals surface area contributed by atoms with Crippen LogP contribution in [0.15, 0.2) is 11.4 Å². The van der Waals surface area contributed by atoms with Crippen molar-refractivity contribution in [3.8, 4) is 11.8 Å². The Hall–Kier alpha value is -1.36. The molecule has 0 unspecified atom stereocenters. The number of aliphatic hydroxyl groups is 1. The molecule has 7 heteroatoms. The van der Waals surface area contributed by atoms with E-state index in [0.717, 1.165) is 16.7 Å². The largest absolute Gasteiger partial charge is 0.395 e. The Morgan fingerprint density at radius 1 is 1.48 bits per heavy atom. The van der Waals surface area contributed by atoms with Crippen molar-refractivity contribution < 1.29 is 18.3 Å².